The van der Waals surface area contributed by atoms with Crippen LogP contribution in [0.5, 0.6) is 11.5 Å². The third-order valence-corrected chi connectivity index (χ3v) is 4.37. The van der Waals surface area contributed by atoms with Gasteiger partial charge in [0.25, 0.3) is 0 Å². The smallest absolute Gasteiger partial charge is 0.127 e. The van der Waals surface area contributed by atoms with E-state index in [1.165, 1.54) is 0 Å². The minimum Gasteiger partial charge on any atom is -0.496 e. The first kappa shape index (κ1) is 14.7. The number of ether oxygens (including phenoxy) is 2. The molecule has 106 valence electrons. The maximum atomic E-state index is 5.85. The molecule has 0 aliphatic rings. The summed E-state index contributed by atoms with van der Waals surface area (Å²) >= 11 is 3.55. The molecule has 0 spiro atoms. The van der Waals surface area contributed by atoms with E-state index in [1.807, 2.05) is 38.1 Å². The molecule has 0 aliphatic carbocycles. The number of benzene rings is 2. The van der Waals surface area contributed by atoms with Crippen LogP contribution in [0, 0.1) is 13.8 Å². The fraction of sp³-hybridized carbons (Fsp3) is 0.250. The third-order valence-electron chi connectivity index (χ3n) is 3.12. The average Bonchev–Trinajstić information content (AvgIpc) is 2.43. The molecule has 2 N–H and O–H groups in total. The summed E-state index contributed by atoms with van der Waals surface area (Å²) in [6.45, 7) is 4.55. The second-order valence-corrected chi connectivity index (χ2v) is 5.52. The quantitative estimate of drug-likeness (QED) is 0.850. The summed E-state index contributed by atoms with van der Waals surface area (Å²) in [6, 6.07) is 9.60. The van der Waals surface area contributed by atoms with Gasteiger partial charge in [0.15, 0.2) is 0 Å². The summed E-state index contributed by atoms with van der Waals surface area (Å²) in [4.78, 5) is 0. The van der Waals surface area contributed by atoms with Crippen molar-refractivity contribution in [2.75, 3.05) is 12.8 Å². The Balaban J connectivity index is 2.17. The Labute approximate surface area is 127 Å². The molecule has 2 aromatic rings. The Morgan fingerprint density at radius 3 is 2.35 bits per heavy atom. The second-order valence-electron chi connectivity index (χ2n) is 4.73. The van der Waals surface area contributed by atoms with E-state index in [1.54, 1.807) is 13.2 Å². The van der Waals surface area contributed by atoms with Crippen molar-refractivity contribution in [3.63, 3.8) is 0 Å². The van der Waals surface area contributed by atoms with Crippen LogP contribution in [0.1, 0.15) is 16.7 Å². The summed E-state index contributed by atoms with van der Waals surface area (Å²) in [7, 11) is 1.63. The highest BCUT2D eigenvalue weighted by molar-refractivity contribution is 9.10. The third kappa shape index (κ3) is 3.25. The fourth-order valence-electron chi connectivity index (χ4n) is 2.03. The van der Waals surface area contributed by atoms with Gasteiger partial charge in [-0.15, -0.1) is 0 Å². The van der Waals surface area contributed by atoms with Gasteiger partial charge in [-0.2, -0.15) is 0 Å². The molecule has 0 atom stereocenters. The summed E-state index contributed by atoms with van der Waals surface area (Å²) in [5, 5.41) is 0. The zero-order chi connectivity index (χ0) is 14.7. The van der Waals surface area contributed by atoms with Gasteiger partial charge in [-0.25, -0.2) is 0 Å². The van der Waals surface area contributed by atoms with Crippen molar-refractivity contribution in [3.05, 3.63) is 51.5 Å². The number of hydrogen-bond acceptors (Lipinski definition) is 3. The first-order valence-corrected chi connectivity index (χ1v) is 7.12. The van der Waals surface area contributed by atoms with E-state index in [-0.39, 0.29) is 0 Å². The number of aryl methyl sites for hydroxylation is 2. The van der Waals surface area contributed by atoms with Crippen LogP contribution >= 0.6 is 15.9 Å². The Hall–Kier alpha value is -1.68. The second kappa shape index (κ2) is 6.18. The van der Waals surface area contributed by atoms with Crippen LogP contribution in [0.25, 0.3) is 0 Å². The maximum absolute atomic E-state index is 5.85. The van der Waals surface area contributed by atoms with Crippen molar-refractivity contribution < 1.29 is 9.47 Å². The van der Waals surface area contributed by atoms with Crippen LogP contribution in [0.2, 0.25) is 0 Å². The number of hydrogen-bond donors (Lipinski definition) is 1. The minimum absolute atomic E-state index is 0.448. The van der Waals surface area contributed by atoms with E-state index in [9.17, 15) is 0 Å². The molecule has 0 aromatic heterocycles. The van der Waals surface area contributed by atoms with Gasteiger partial charge in [0, 0.05) is 21.8 Å². The number of nitrogen functional groups attached to an aromatic ring is 1. The van der Waals surface area contributed by atoms with Gasteiger partial charge in [-0.05, 0) is 49.2 Å². The zero-order valence-corrected chi connectivity index (χ0v) is 13.5. The van der Waals surface area contributed by atoms with Crippen molar-refractivity contribution in [2.45, 2.75) is 20.5 Å². The number of nitrogens with two attached hydrogens (primary N) is 1. The van der Waals surface area contributed by atoms with E-state index >= 15 is 0 Å². The monoisotopic (exact) mass is 335 g/mol. The van der Waals surface area contributed by atoms with E-state index < -0.39 is 0 Å². The van der Waals surface area contributed by atoms with Gasteiger partial charge in [-0.3, -0.25) is 0 Å². The van der Waals surface area contributed by atoms with Crippen molar-refractivity contribution in [2.24, 2.45) is 0 Å². The van der Waals surface area contributed by atoms with Crippen molar-refractivity contribution in [1.29, 1.82) is 0 Å². The number of methoxy groups -OCH3 is 1. The molecule has 0 aliphatic heterocycles. The van der Waals surface area contributed by atoms with Crippen LogP contribution in [-0.2, 0) is 6.61 Å². The first-order valence-electron chi connectivity index (χ1n) is 6.33. The van der Waals surface area contributed by atoms with Crippen molar-refractivity contribution in [3.8, 4) is 11.5 Å². The number of halogens is 1. The SMILES string of the molecule is COc1cc(N)ccc1COc1cc(C)c(Br)c(C)c1. The molecule has 2 aromatic carbocycles. The summed E-state index contributed by atoms with van der Waals surface area (Å²) in [6.07, 6.45) is 0. The standard InChI is InChI=1S/C16H18BrNO2/c1-10-6-14(7-11(2)16(10)17)20-9-12-4-5-13(18)8-15(12)19-3/h4-8H,9,18H2,1-3H3. The molecule has 0 heterocycles. The largest absolute Gasteiger partial charge is 0.496 e. The van der Waals surface area contributed by atoms with Crippen LogP contribution in [-0.4, -0.2) is 7.11 Å². The lowest BCUT2D eigenvalue weighted by Gasteiger charge is -2.13. The van der Waals surface area contributed by atoms with Gasteiger partial charge >= 0.3 is 0 Å². The molecular formula is C16H18BrNO2. The lowest BCUT2D eigenvalue weighted by atomic mass is 10.1. The molecule has 0 unspecified atom stereocenters. The molecule has 0 saturated carbocycles. The normalized spacial score (nSPS) is 10.4. The average molecular weight is 336 g/mol. The van der Waals surface area contributed by atoms with E-state index in [4.69, 9.17) is 15.2 Å². The van der Waals surface area contributed by atoms with Crippen LogP contribution in [0.4, 0.5) is 5.69 Å². The highest BCUT2D eigenvalue weighted by Crippen LogP contribution is 2.28. The highest BCUT2D eigenvalue weighted by atomic mass is 79.9. The van der Waals surface area contributed by atoms with Gasteiger partial charge in [0.2, 0.25) is 0 Å². The number of rotatable bonds is 4. The molecular weight excluding hydrogens is 318 g/mol. The fourth-order valence-corrected chi connectivity index (χ4v) is 2.26. The molecule has 0 radical (unpaired) electrons. The molecule has 0 saturated heterocycles. The maximum Gasteiger partial charge on any atom is 0.127 e. The first-order chi connectivity index (χ1) is 9.51. The highest BCUT2D eigenvalue weighted by Gasteiger charge is 2.07. The predicted molar refractivity (Wildman–Crippen MR) is 85.4 cm³/mol. The lowest BCUT2D eigenvalue weighted by molar-refractivity contribution is 0.296. The van der Waals surface area contributed by atoms with Gasteiger partial charge < -0.3 is 15.2 Å². The van der Waals surface area contributed by atoms with Crippen molar-refractivity contribution >= 4 is 21.6 Å². The summed E-state index contributed by atoms with van der Waals surface area (Å²) < 4.78 is 12.3. The molecule has 0 amide bonds. The van der Waals surface area contributed by atoms with Crippen LogP contribution in [0.3, 0.4) is 0 Å². The molecule has 0 bridgehead atoms. The molecule has 3 nitrogen and oxygen atoms in total. The Kier molecular flexibility index (Phi) is 4.55. The lowest BCUT2D eigenvalue weighted by Crippen LogP contribution is -2.00. The van der Waals surface area contributed by atoms with E-state index in [0.29, 0.717) is 12.3 Å². The molecule has 20 heavy (non-hydrogen) atoms. The molecule has 2 rings (SSSR count). The molecule has 4 heteroatoms. The zero-order valence-electron chi connectivity index (χ0n) is 11.9. The summed E-state index contributed by atoms with van der Waals surface area (Å²) in [5.41, 5.74) is 9.71. The van der Waals surface area contributed by atoms with Crippen molar-refractivity contribution in [1.82, 2.24) is 0 Å². The summed E-state index contributed by atoms with van der Waals surface area (Å²) in [5.74, 6) is 1.60. The Morgan fingerprint density at radius 1 is 1.10 bits per heavy atom. The van der Waals surface area contributed by atoms with Gasteiger partial charge in [-0.1, -0.05) is 15.9 Å². The minimum atomic E-state index is 0.448. The van der Waals surface area contributed by atoms with Gasteiger partial charge in [0.05, 0.1) is 7.11 Å². The molecule has 0 fully saturated rings. The Bertz CT molecular complexity index is 603. The Morgan fingerprint density at radius 2 is 1.75 bits per heavy atom. The van der Waals surface area contributed by atoms with Crippen LogP contribution in [0.15, 0.2) is 34.8 Å². The van der Waals surface area contributed by atoms with Crippen LogP contribution < -0.4 is 15.2 Å². The van der Waals surface area contributed by atoms with E-state index in [0.717, 1.165) is 32.7 Å². The topological polar surface area (TPSA) is 44.5 Å². The number of anilines is 1. The predicted octanol–water partition coefficient (Wildman–Crippen LogP) is 4.24. The van der Waals surface area contributed by atoms with E-state index in [2.05, 4.69) is 15.9 Å². The van der Waals surface area contributed by atoms with Gasteiger partial charge in [0.1, 0.15) is 18.1 Å².